The highest BCUT2D eigenvalue weighted by Gasteiger charge is 2.22. The number of rotatable bonds is 10. The lowest BCUT2D eigenvalue weighted by Crippen LogP contribution is -2.30. The lowest BCUT2D eigenvalue weighted by Gasteiger charge is -2.14. The van der Waals surface area contributed by atoms with Gasteiger partial charge in [-0.1, -0.05) is 39.0 Å². The number of unbranched alkanes of at least 4 members (excludes halogenated alkanes) is 5. The number of methoxy groups -OCH3 is 1. The van der Waals surface area contributed by atoms with Crippen molar-refractivity contribution in [2.24, 2.45) is 0 Å². The molecular formula is C13H24O5. The summed E-state index contributed by atoms with van der Waals surface area (Å²) < 4.78 is 14.4. The molecule has 0 aromatic rings. The van der Waals surface area contributed by atoms with Crippen molar-refractivity contribution < 1.29 is 23.8 Å². The van der Waals surface area contributed by atoms with E-state index in [-0.39, 0.29) is 0 Å². The van der Waals surface area contributed by atoms with Crippen LogP contribution in [0, 0.1) is 0 Å². The van der Waals surface area contributed by atoms with E-state index < -0.39 is 18.2 Å². The first kappa shape index (κ1) is 16.9. The molecule has 0 fully saturated rings. The molecule has 106 valence electrons. The van der Waals surface area contributed by atoms with Gasteiger partial charge in [0.15, 0.2) is 0 Å². The van der Waals surface area contributed by atoms with Gasteiger partial charge >= 0.3 is 18.2 Å². The molecule has 1 atom stereocenters. The SMILES string of the molecule is CCCCCCCCO[C@H](OC(C)=O)C(=O)OC. The second-order valence-corrected chi connectivity index (χ2v) is 4.10. The molecule has 18 heavy (non-hydrogen) atoms. The summed E-state index contributed by atoms with van der Waals surface area (Å²) in [5, 5.41) is 0. The van der Waals surface area contributed by atoms with Crippen molar-refractivity contribution in [3.63, 3.8) is 0 Å². The van der Waals surface area contributed by atoms with E-state index in [0.717, 1.165) is 19.3 Å². The maximum Gasteiger partial charge on any atom is 0.376 e. The number of hydrogen-bond acceptors (Lipinski definition) is 5. The maximum absolute atomic E-state index is 11.2. The molecule has 0 aliphatic carbocycles. The standard InChI is InChI=1S/C13H24O5/c1-4-5-6-7-8-9-10-17-13(12(15)16-3)18-11(2)14/h13H,4-10H2,1-3H3/t13-/m1/s1. The Bertz CT molecular complexity index is 240. The van der Waals surface area contributed by atoms with Crippen LogP contribution in [-0.4, -0.2) is 31.9 Å². The largest absolute Gasteiger partial charge is 0.464 e. The van der Waals surface area contributed by atoms with Crippen LogP contribution in [0.2, 0.25) is 0 Å². The Morgan fingerprint density at radius 1 is 1.06 bits per heavy atom. The van der Waals surface area contributed by atoms with Crippen molar-refractivity contribution in [2.45, 2.75) is 58.7 Å². The molecule has 0 aromatic heterocycles. The number of esters is 2. The van der Waals surface area contributed by atoms with Crippen LogP contribution in [0.25, 0.3) is 0 Å². The van der Waals surface area contributed by atoms with Gasteiger partial charge in [0.1, 0.15) is 0 Å². The molecule has 0 rings (SSSR count). The Morgan fingerprint density at radius 3 is 2.22 bits per heavy atom. The Balaban J connectivity index is 3.69. The van der Waals surface area contributed by atoms with Gasteiger partial charge in [0.2, 0.25) is 0 Å². The molecule has 0 spiro atoms. The van der Waals surface area contributed by atoms with Gasteiger partial charge in [-0.2, -0.15) is 0 Å². The molecule has 5 heteroatoms. The number of carbonyl (C=O) groups excluding carboxylic acids is 2. The minimum atomic E-state index is -1.23. The summed E-state index contributed by atoms with van der Waals surface area (Å²) >= 11 is 0. The molecule has 0 aliphatic rings. The molecule has 0 radical (unpaired) electrons. The van der Waals surface area contributed by atoms with Gasteiger partial charge in [-0.05, 0) is 6.42 Å². The molecule has 0 saturated carbocycles. The summed E-state index contributed by atoms with van der Waals surface area (Å²) in [5.41, 5.74) is 0. The second-order valence-electron chi connectivity index (χ2n) is 4.10. The molecular weight excluding hydrogens is 236 g/mol. The summed E-state index contributed by atoms with van der Waals surface area (Å²) in [6, 6.07) is 0. The van der Waals surface area contributed by atoms with Crippen molar-refractivity contribution in [1.29, 1.82) is 0 Å². The average Bonchev–Trinajstić information content (AvgIpc) is 2.34. The topological polar surface area (TPSA) is 61.8 Å². The van der Waals surface area contributed by atoms with Gasteiger partial charge in [0.25, 0.3) is 0 Å². The fourth-order valence-corrected chi connectivity index (χ4v) is 1.47. The fourth-order valence-electron chi connectivity index (χ4n) is 1.47. The maximum atomic E-state index is 11.2. The quantitative estimate of drug-likeness (QED) is 0.343. The normalized spacial score (nSPS) is 11.9. The number of hydrogen-bond donors (Lipinski definition) is 0. The first-order valence-corrected chi connectivity index (χ1v) is 6.48. The molecule has 0 amide bonds. The Labute approximate surface area is 109 Å². The highest BCUT2D eigenvalue weighted by molar-refractivity contribution is 5.77. The van der Waals surface area contributed by atoms with Crippen molar-refractivity contribution in [3.05, 3.63) is 0 Å². The Morgan fingerprint density at radius 2 is 1.67 bits per heavy atom. The van der Waals surface area contributed by atoms with E-state index in [9.17, 15) is 9.59 Å². The van der Waals surface area contributed by atoms with Gasteiger partial charge in [-0.3, -0.25) is 4.79 Å². The predicted octanol–water partition coefficient (Wildman–Crippen LogP) is 2.43. The predicted molar refractivity (Wildman–Crippen MR) is 66.9 cm³/mol. The highest BCUT2D eigenvalue weighted by Crippen LogP contribution is 2.06. The summed E-state index contributed by atoms with van der Waals surface area (Å²) in [6.45, 7) is 3.78. The van der Waals surface area contributed by atoms with Gasteiger partial charge in [0.05, 0.1) is 13.7 Å². The van der Waals surface area contributed by atoms with Crippen LogP contribution in [0.5, 0.6) is 0 Å². The van der Waals surface area contributed by atoms with Crippen LogP contribution in [0.3, 0.4) is 0 Å². The first-order valence-electron chi connectivity index (χ1n) is 6.48. The molecule has 0 bridgehead atoms. The molecule has 5 nitrogen and oxygen atoms in total. The van der Waals surface area contributed by atoms with E-state index in [0.29, 0.717) is 6.61 Å². The zero-order valence-corrected chi connectivity index (χ0v) is 11.6. The first-order chi connectivity index (χ1) is 8.61. The Hall–Kier alpha value is -1.10. The van der Waals surface area contributed by atoms with Gasteiger partial charge in [0, 0.05) is 6.92 Å². The Kier molecular flexibility index (Phi) is 10.3. The van der Waals surface area contributed by atoms with Gasteiger partial charge < -0.3 is 14.2 Å². The van der Waals surface area contributed by atoms with Crippen LogP contribution in [0.4, 0.5) is 0 Å². The third kappa shape index (κ3) is 8.98. The second kappa shape index (κ2) is 11.0. The fraction of sp³-hybridized carbons (Fsp3) is 0.846. The minimum Gasteiger partial charge on any atom is -0.464 e. The van der Waals surface area contributed by atoms with E-state index in [1.807, 2.05) is 0 Å². The zero-order valence-electron chi connectivity index (χ0n) is 11.6. The minimum absolute atomic E-state index is 0.388. The van der Waals surface area contributed by atoms with Crippen LogP contribution < -0.4 is 0 Å². The van der Waals surface area contributed by atoms with Crippen molar-refractivity contribution >= 4 is 11.9 Å². The lowest BCUT2D eigenvalue weighted by atomic mass is 10.1. The van der Waals surface area contributed by atoms with Crippen molar-refractivity contribution in [3.8, 4) is 0 Å². The third-order valence-electron chi connectivity index (χ3n) is 2.43. The van der Waals surface area contributed by atoms with E-state index in [2.05, 4.69) is 11.7 Å². The molecule has 0 unspecified atom stereocenters. The summed E-state index contributed by atoms with van der Waals surface area (Å²) in [5.74, 6) is -1.25. The smallest absolute Gasteiger partial charge is 0.376 e. The monoisotopic (exact) mass is 260 g/mol. The van der Waals surface area contributed by atoms with E-state index in [1.54, 1.807) is 0 Å². The average molecular weight is 260 g/mol. The van der Waals surface area contributed by atoms with Crippen molar-refractivity contribution in [1.82, 2.24) is 0 Å². The summed E-state index contributed by atoms with van der Waals surface area (Å²) in [7, 11) is 1.23. The van der Waals surface area contributed by atoms with Crippen molar-refractivity contribution in [2.75, 3.05) is 13.7 Å². The zero-order chi connectivity index (χ0) is 13.8. The van der Waals surface area contributed by atoms with E-state index in [4.69, 9.17) is 9.47 Å². The number of ether oxygens (including phenoxy) is 3. The molecule has 0 aliphatic heterocycles. The van der Waals surface area contributed by atoms with E-state index >= 15 is 0 Å². The van der Waals surface area contributed by atoms with E-state index in [1.165, 1.54) is 33.3 Å². The van der Waals surface area contributed by atoms with Crippen LogP contribution >= 0.6 is 0 Å². The lowest BCUT2D eigenvalue weighted by molar-refractivity contribution is -0.198. The van der Waals surface area contributed by atoms with Crippen LogP contribution in [-0.2, 0) is 23.8 Å². The number of carbonyl (C=O) groups is 2. The van der Waals surface area contributed by atoms with Crippen LogP contribution in [0.15, 0.2) is 0 Å². The third-order valence-corrected chi connectivity index (χ3v) is 2.43. The molecule has 0 saturated heterocycles. The molecule has 0 heterocycles. The van der Waals surface area contributed by atoms with Gasteiger partial charge in [-0.15, -0.1) is 0 Å². The summed E-state index contributed by atoms with van der Waals surface area (Å²) in [6.07, 6.45) is 5.51. The van der Waals surface area contributed by atoms with Crippen LogP contribution in [0.1, 0.15) is 52.4 Å². The molecule has 0 N–H and O–H groups in total. The molecule has 0 aromatic carbocycles. The van der Waals surface area contributed by atoms with Gasteiger partial charge in [-0.25, -0.2) is 4.79 Å². The summed E-state index contributed by atoms with van der Waals surface area (Å²) in [4.78, 5) is 22.0. The highest BCUT2D eigenvalue weighted by atomic mass is 16.7.